The highest BCUT2D eigenvalue weighted by molar-refractivity contribution is 6.05. The Kier molecular flexibility index (Phi) is 3.70. The van der Waals surface area contributed by atoms with Gasteiger partial charge in [0.15, 0.2) is 0 Å². The summed E-state index contributed by atoms with van der Waals surface area (Å²) in [5.74, 6) is 0.312. The lowest BCUT2D eigenvalue weighted by Crippen LogP contribution is -2.05. The van der Waals surface area contributed by atoms with Crippen LogP contribution in [0.15, 0.2) is 18.2 Å². The van der Waals surface area contributed by atoms with Gasteiger partial charge in [-0.3, -0.25) is 0 Å². The van der Waals surface area contributed by atoms with Crippen LogP contribution >= 0.6 is 0 Å². The molecule has 20 heavy (non-hydrogen) atoms. The van der Waals surface area contributed by atoms with E-state index in [9.17, 15) is 9.90 Å². The van der Waals surface area contributed by atoms with Crippen LogP contribution < -0.4 is 9.47 Å². The zero-order valence-corrected chi connectivity index (χ0v) is 11.8. The van der Waals surface area contributed by atoms with Gasteiger partial charge < -0.3 is 19.3 Å². The minimum absolute atomic E-state index is 0.142. The highest BCUT2D eigenvalue weighted by atomic mass is 16.5. The van der Waals surface area contributed by atoms with Gasteiger partial charge in [0.2, 0.25) is 0 Å². The standard InChI is InChI=1S/C15H16O5/c1-8-5-9-6-10(18-2)7-11(19-3)13(9)14(16)12(8)15(17)20-4/h5-7,16H,1-4H3. The largest absolute Gasteiger partial charge is 0.506 e. The van der Waals surface area contributed by atoms with Gasteiger partial charge >= 0.3 is 5.97 Å². The Morgan fingerprint density at radius 3 is 2.35 bits per heavy atom. The maximum atomic E-state index is 11.8. The molecule has 0 aliphatic rings. The first-order valence-corrected chi connectivity index (χ1v) is 6.00. The van der Waals surface area contributed by atoms with Crippen LogP contribution in [0.1, 0.15) is 15.9 Å². The number of fused-ring (bicyclic) bond motifs is 1. The minimum atomic E-state index is -0.584. The van der Waals surface area contributed by atoms with Crippen molar-refractivity contribution in [1.82, 2.24) is 0 Å². The number of aryl methyl sites for hydroxylation is 1. The fraction of sp³-hybridized carbons (Fsp3) is 0.267. The molecule has 2 aromatic rings. The number of benzene rings is 2. The maximum absolute atomic E-state index is 11.8. The number of aromatic hydroxyl groups is 1. The quantitative estimate of drug-likeness (QED) is 0.873. The van der Waals surface area contributed by atoms with Crippen molar-refractivity contribution in [2.75, 3.05) is 21.3 Å². The number of rotatable bonds is 3. The molecule has 5 nitrogen and oxygen atoms in total. The van der Waals surface area contributed by atoms with Crippen molar-refractivity contribution in [3.05, 3.63) is 29.3 Å². The van der Waals surface area contributed by atoms with Crippen LogP contribution in [0.25, 0.3) is 10.8 Å². The lowest BCUT2D eigenvalue weighted by atomic mass is 9.99. The molecule has 0 amide bonds. The molecule has 5 heteroatoms. The number of ether oxygens (including phenoxy) is 3. The summed E-state index contributed by atoms with van der Waals surface area (Å²) in [6.45, 7) is 1.73. The van der Waals surface area contributed by atoms with E-state index in [1.165, 1.54) is 14.2 Å². The monoisotopic (exact) mass is 276 g/mol. The lowest BCUT2D eigenvalue weighted by Gasteiger charge is -2.14. The van der Waals surface area contributed by atoms with Crippen LogP contribution in [0, 0.1) is 6.92 Å². The topological polar surface area (TPSA) is 65.0 Å². The molecule has 0 unspecified atom stereocenters. The summed E-state index contributed by atoms with van der Waals surface area (Å²) < 4.78 is 15.2. The fourth-order valence-corrected chi connectivity index (χ4v) is 2.23. The van der Waals surface area contributed by atoms with Crippen LogP contribution in [-0.2, 0) is 4.74 Å². The van der Waals surface area contributed by atoms with Crippen molar-refractivity contribution >= 4 is 16.7 Å². The van der Waals surface area contributed by atoms with Gasteiger partial charge in [-0.25, -0.2) is 4.79 Å². The normalized spacial score (nSPS) is 10.4. The van der Waals surface area contributed by atoms with E-state index in [1.54, 1.807) is 32.2 Å². The highest BCUT2D eigenvalue weighted by Crippen LogP contribution is 2.40. The average molecular weight is 276 g/mol. The minimum Gasteiger partial charge on any atom is -0.506 e. The Bertz CT molecular complexity index is 676. The second-order valence-electron chi connectivity index (χ2n) is 4.34. The second kappa shape index (κ2) is 5.28. The molecule has 0 aliphatic carbocycles. The SMILES string of the molecule is COC(=O)c1c(C)cc2cc(OC)cc(OC)c2c1O. The van der Waals surface area contributed by atoms with Crippen molar-refractivity contribution in [2.24, 2.45) is 0 Å². The van der Waals surface area contributed by atoms with Crippen LogP contribution in [0.3, 0.4) is 0 Å². The first-order valence-electron chi connectivity index (χ1n) is 6.00. The van der Waals surface area contributed by atoms with Crippen LogP contribution in [0.4, 0.5) is 0 Å². The highest BCUT2D eigenvalue weighted by Gasteiger charge is 2.20. The Balaban J connectivity index is 2.87. The molecule has 0 heterocycles. The number of esters is 1. The number of phenols is 1. The molecule has 1 N–H and O–H groups in total. The number of methoxy groups -OCH3 is 3. The summed E-state index contributed by atoms with van der Waals surface area (Å²) in [5.41, 5.74) is 0.764. The van der Waals surface area contributed by atoms with Crippen molar-refractivity contribution in [3.8, 4) is 17.2 Å². The van der Waals surface area contributed by atoms with E-state index in [-0.39, 0.29) is 11.3 Å². The van der Waals surface area contributed by atoms with E-state index in [2.05, 4.69) is 0 Å². The van der Waals surface area contributed by atoms with Crippen molar-refractivity contribution in [3.63, 3.8) is 0 Å². The third kappa shape index (κ3) is 2.11. The van der Waals surface area contributed by atoms with Gasteiger partial charge in [0.05, 0.1) is 26.7 Å². The molecule has 0 aliphatic heterocycles. The van der Waals surface area contributed by atoms with Crippen LogP contribution in [-0.4, -0.2) is 32.4 Å². The molecule has 106 valence electrons. The molecular weight excluding hydrogens is 260 g/mol. The van der Waals surface area contributed by atoms with E-state index < -0.39 is 5.97 Å². The zero-order valence-electron chi connectivity index (χ0n) is 11.8. The van der Waals surface area contributed by atoms with E-state index in [0.29, 0.717) is 22.4 Å². The average Bonchev–Trinajstić information content (AvgIpc) is 2.45. The van der Waals surface area contributed by atoms with Crippen LogP contribution in [0.5, 0.6) is 17.2 Å². The molecule has 0 atom stereocenters. The summed E-state index contributed by atoms with van der Waals surface area (Å²) in [6.07, 6.45) is 0. The number of hydrogen-bond acceptors (Lipinski definition) is 5. The van der Waals surface area contributed by atoms with Gasteiger partial charge in [-0.1, -0.05) is 6.07 Å². The molecule has 0 saturated heterocycles. The number of phenolic OH excluding ortho intramolecular Hbond substituents is 1. The summed E-state index contributed by atoms with van der Waals surface area (Å²) in [5, 5.41) is 11.6. The van der Waals surface area contributed by atoms with Gasteiger partial charge in [-0.15, -0.1) is 0 Å². The molecule has 2 aromatic carbocycles. The predicted molar refractivity (Wildman–Crippen MR) is 74.8 cm³/mol. The van der Waals surface area contributed by atoms with Crippen molar-refractivity contribution in [1.29, 1.82) is 0 Å². The number of carbonyl (C=O) groups excluding carboxylic acids is 1. The molecule has 0 fully saturated rings. The summed E-state index contributed by atoms with van der Waals surface area (Å²) in [6, 6.07) is 5.20. The first kappa shape index (κ1) is 14.0. The van der Waals surface area contributed by atoms with Crippen molar-refractivity contribution in [2.45, 2.75) is 6.92 Å². The van der Waals surface area contributed by atoms with Crippen LogP contribution in [0.2, 0.25) is 0 Å². The van der Waals surface area contributed by atoms with Gasteiger partial charge in [0.25, 0.3) is 0 Å². The molecule has 0 aromatic heterocycles. The summed E-state index contributed by atoms with van der Waals surface area (Å²) in [7, 11) is 4.32. The first-order chi connectivity index (χ1) is 9.53. The third-order valence-corrected chi connectivity index (χ3v) is 3.19. The van der Waals surface area contributed by atoms with Gasteiger partial charge in [-0.05, 0) is 23.9 Å². The predicted octanol–water partition coefficient (Wildman–Crippen LogP) is 2.66. The van der Waals surface area contributed by atoms with E-state index in [4.69, 9.17) is 14.2 Å². The third-order valence-electron chi connectivity index (χ3n) is 3.19. The van der Waals surface area contributed by atoms with E-state index >= 15 is 0 Å². The summed E-state index contributed by atoms with van der Waals surface area (Å²) in [4.78, 5) is 11.8. The molecule has 0 saturated carbocycles. The van der Waals surface area contributed by atoms with Gasteiger partial charge in [0.1, 0.15) is 22.8 Å². The Hall–Kier alpha value is -2.43. The van der Waals surface area contributed by atoms with E-state index in [1.807, 2.05) is 0 Å². The fourth-order valence-electron chi connectivity index (χ4n) is 2.23. The Morgan fingerprint density at radius 2 is 1.80 bits per heavy atom. The van der Waals surface area contributed by atoms with E-state index in [0.717, 1.165) is 5.39 Å². The molecule has 0 spiro atoms. The van der Waals surface area contributed by atoms with Crippen molar-refractivity contribution < 1.29 is 24.1 Å². The molecule has 2 rings (SSSR count). The lowest BCUT2D eigenvalue weighted by molar-refractivity contribution is 0.0597. The molecular formula is C15H16O5. The Morgan fingerprint density at radius 1 is 1.10 bits per heavy atom. The Labute approximate surface area is 116 Å². The number of carbonyl (C=O) groups is 1. The van der Waals surface area contributed by atoms with Gasteiger partial charge in [-0.2, -0.15) is 0 Å². The van der Waals surface area contributed by atoms with Gasteiger partial charge in [0, 0.05) is 6.07 Å². The zero-order chi connectivity index (χ0) is 14.9. The smallest absolute Gasteiger partial charge is 0.341 e. The summed E-state index contributed by atoms with van der Waals surface area (Å²) >= 11 is 0. The molecule has 0 radical (unpaired) electrons. The second-order valence-corrected chi connectivity index (χ2v) is 4.34. The number of hydrogen-bond donors (Lipinski definition) is 1. The maximum Gasteiger partial charge on any atom is 0.341 e. The molecule has 0 bridgehead atoms.